The fraction of sp³-hybridized carbons (Fsp3) is 0.556. The quantitative estimate of drug-likeness (QED) is 0.790. The van der Waals surface area contributed by atoms with Crippen LogP contribution in [0.25, 0.3) is 0 Å². The van der Waals surface area contributed by atoms with Gasteiger partial charge in [-0.05, 0) is 34.0 Å². The van der Waals surface area contributed by atoms with Crippen molar-refractivity contribution >= 4 is 27.3 Å². The number of halogens is 1. The largest absolute Gasteiger partial charge is 0.376 e. The first kappa shape index (κ1) is 10.2. The molecule has 68 valence electrons. The van der Waals surface area contributed by atoms with E-state index in [1.54, 1.807) is 11.3 Å². The number of rotatable bonds is 4. The van der Waals surface area contributed by atoms with Gasteiger partial charge in [0.25, 0.3) is 0 Å². The molecule has 0 saturated carbocycles. The second-order valence-corrected chi connectivity index (χ2v) is 5.66. The van der Waals surface area contributed by atoms with E-state index < -0.39 is 0 Å². The van der Waals surface area contributed by atoms with Crippen LogP contribution in [-0.2, 0) is 11.3 Å². The minimum absolute atomic E-state index is 0.619. The van der Waals surface area contributed by atoms with Crippen LogP contribution in [0.2, 0.25) is 0 Å². The van der Waals surface area contributed by atoms with Crippen LogP contribution in [-0.4, -0.2) is 6.61 Å². The smallest absolute Gasteiger partial charge is 0.0809 e. The summed E-state index contributed by atoms with van der Waals surface area (Å²) in [7, 11) is 0. The predicted molar refractivity (Wildman–Crippen MR) is 56.5 cm³/mol. The van der Waals surface area contributed by atoms with Gasteiger partial charge in [-0.15, -0.1) is 11.3 Å². The lowest BCUT2D eigenvalue weighted by Gasteiger charge is -2.04. The summed E-state index contributed by atoms with van der Waals surface area (Å²) in [5, 5.41) is 0. The lowest BCUT2D eigenvalue weighted by atomic mass is 10.2. The van der Waals surface area contributed by atoms with E-state index in [0.29, 0.717) is 5.92 Å². The highest BCUT2D eigenvalue weighted by Crippen LogP contribution is 2.22. The van der Waals surface area contributed by atoms with Crippen molar-refractivity contribution in [2.45, 2.75) is 20.5 Å². The third kappa shape index (κ3) is 3.70. The number of thiophene rings is 1. The van der Waals surface area contributed by atoms with Crippen molar-refractivity contribution in [3.63, 3.8) is 0 Å². The van der Waals surface area contributed by atoms with Gasteiger partial charge in [0, 0.05) is 11.5 Å². The van der Waals surface area contributed by atoms with Gasteiger partial charge in [0.05, 0.1) is 10.4 Å². The van der Waals surface area contributed by atoms with E-state index in [9.17, 15) is 0 Å². The molecule has 0 N–H and O–H groups in total. The molecule has 1 rings (SSSR count). The van der Waals surface area contributed by atoms with Crippen LogP contribution >= 0.6 is 27.3 Å². The molecule has 0 aromatic carbocycles. The predicted octanol–water partition coefficient (Wildman–Crippen LogP) is 3.68. The van der Waals surface area contributed by atoms with E-state index in [1.807, 2.05) is 0 Å². The minimum Gasteiger partial charge on any atom is -0.376 e. The summed E-state index contributed by atoms with van der Waals surface area (Å²) in [4.78, 5) is 1.28. The van der Waals surface area contributed by atoms with Gasteiger partial charge in [-0.3, -0.25) is 0 Å². The SMILES string of the molecule is CC(C)COCc1ccc(Br)s1. The van der Waals surface area contributed by atoms with Gasteiger partial charge < -0.3 is 4.74 Å². The standard InChI is InChI=1S/C9H13BrOS/c1-7(2)5-11-6-8-3-4-9(10)12-8/h3-4,7H,5-6H2,1-2H3. The van der Waals surface area contributed by atoms with E-state index in [1.165, 1.54) is 8.66 Å². The average Bonchev–Trinajstić information content (AvgIpc) is 2.35. The van der Waals surface area contributed by atoms with E-state index >= 15 is 0 Å². The molecule has 0 bridgehead atoms. The lowest BCUT2D eigenvalue weighted by Crippen LogP contribution is -2.00. The molecular weight excluding hydrogens is 236 g/mol. The van der Waals surface area contributed by atoms with E-state index in [4.69, 9.17) is 4.74 Å². The molecule has 12 heavy (non-hydrogen) atoms. The van der Waals surface area contributed by atoms with Gasteiger partial charge in [0.1, 0.15) is 0 Å². The van der Waals surface area contributed by atoms with Gasteiger partial charge in [-0.1, -0.05) is 13.8 Å². The molecule has 0 aliphatic carbocycles. The molecule has 0 aliphatic rings. The molecule has 0 spiro atoms. The van der Waals surface area contributed by atoms with Crippen LogP contribution in [0.4, 0.5) is 0 Å². The average molecular weight is 249 g/mol. The van der Waals surface area contributed by atoms with Crippen LogP contribution in [0.5, 0.6) is 0 Å². The summed E-state index contributed by atoms with van der Waals surface area (Å²) < 4.78 is 6.66. The fourth-order valence-corrected chi connectivity index (χ4v) is 2.25. The molecule has 1 heterocycles. The topological polar surface area (TPSA) is 9.23 Å². The maximum absolute atomic E-state index is 5.48. The second kappa shape index (κ2) is 5.00. The first-order chi connectivity index (χ1) is 5.68. The van der Waals surface area contributed by atoms with E-state index in [-0.39, 0.29) is 0 Å². The molecule has 0 atom stereocenters. The Hall–Kier alpha value is 0.140. The molecule has 3 heteroatoms. The highest BCUT2D eigenvalue weighted by atomic mass is 79.9. The minimum atomic E-state index is 0.619. The molecule has 0 fully saturated rings. The van der Waals surface area contributed by atoms with Crippen molar-refractivity contribution in [2.24, 2.45) is 5.92 Å². The first-order valence-electron chi connectivity index (χ1n) is 4.00. The van der Waals surface area contributed by atoms with Gasteiger partial charge in [0.15, 0.2) is 0 Å². The maximum Gasteiger partial charge on any atom is 0.0809 e. The Bertz CT molecular complexity index is 232. The molecule has 0 radical (unpaired) electrons. The summed E-state index contributed by atoms with van der Waals surface area (Å²) in [6.07, 6.45) is 0. The molecule has 1 aromatic heterocycles. The number of ether oxygens (including phenoxy) is 1. The molecule has 0 amide bonds. The molecule has 1 aromatic rings. The van der Waals surface area contributed by atoms with Crippen molar-refractivity contribution in [2.75, 3.05) is 6.61 Å². The number of hydrogen-bond acceptors (Lipinski definition) is 2. The molecular formula is C9H13BrOS. The Labute approximate surface area is 85.9 Å². The highest BCUT2D eigenvalue weighted by Gasteiger charge is 1.98. The Kier molecular flexibility index (Phi) is 4.26. The molecule has 0 unspecified atom stereocenters. The van der Waals surface area contributed by atoms with Gasteiger partial charge in [-0.25, -0.2) is 0 Å². The van der Waals surface area contributed by atoms with E-state index in [0.717, 1.165) is 13.2 Å². The monoisotopic (exact) mass is 248 g/mol. The summed E-state index contributed by atoms with van der Waals surface area (Å²) in [5.74, 6) is 0.619. The molecule has 0 saturated heterocycles. The Morgan fingerprint density at radius 2 is 2.25 bits per heavy atom. The van der Waals surface area contributed by atoms with Gasteiger partial charge >= 0.3 is 0 Å². The van der Waals surface area contributed by atoms with Gasteiger partial charge in [-0.2, -0.15) is 0 Å². The zero-order valence-corrected chi connectivity index (χ0v) is 9.74. The second-order valence-electron chi connectivity index (χ2n) is 3.11. The van der Waals surface area contributed by atoms with Crippen molar-refractivity contribution < 1.29 is 4.74 Å². The molecule has 1 nitrogen and oxygen atoms in total. The Morgan fingerprint density at radius 1 is 1.50 bits per heavy atom. The maximum atomic E-state index is 5.48. The third-order valence-corrected chi connectivity index (χ3v) is 2.92. The van der Waals surface area contributed by atoms with Crippen LogP contribution in [0.1, 0.15) is 18.7 Å². The lowest BCUT2D eigenvalue weighted by molar-refractivity contribution is 0.0989. The fourth-order valence-electron chi connectivity index (χ4n) is 0.825. The van der Waals surface area contributed by atoms with Crippen LogP contribution in [0.15, 0.2) is 15.9 Å². The van der Waals surface area contributed by atoms with Crippen LogP contribution in [0.3, 0.4) is 0 Å². The van der Waals surface area contributed by atoms with Crippen molar-refractivity contribution in [3.8, 4) is 0 Å². The van der Waals surface area contributed by atoms with Crippen molar-refractivity contribution in [1.82, 2.24) is 0 Å². The zero-order chi connectivity index (χ0) is 8.97. The van der Waals surface area contributed by atoms with E-state index in [2.05, 4.69) is 41.9 Å². The Morgan fingerprint density at radius 3 is 2.75 bits per heavy atom. The summed E-state index contributed by atoms with van der Waals surface area (Å²) in [6.45, 7) is 5.90. The Balaban J connectivity index is 2.24. The van der Waals surface area contributed by atoms with Crippen molar-refractivity contribution in [1.29, 1.82) is 0 Å². The summed E-state index contributed by atoms with van der Waals surface area (Å²) >= 11 is 5.15. The number of hydrogen-bond donors (Lipinski definition) is 0. The van der Waals surface area contributed by atoms with Crippen molar-refractivity contribution in [3.05, 3.63) is 20.8 Å². The summed E-state index contributed by atoms with van der Waals surface area (Å²) in [5.41, 5.74) is 0. The first-order valence-corrected chi connectivity index (χ1v) is 5.61. The molecule has 0 aliphatic heterocycles. The zero-order valence-electron chi connectivity index (χ0n) is 7.34. The third-order valence-electron chi connectivity index (χ3n) is 1.32. The normalized spacial score (nSPS) is 11.0. The highest BCUT2D eigenvalue weighted by molar-refractivity contribution is 9.11. The summed E-state index contributed by atoms with van der Waals surface area (Å²) in [6, 6.07) is 4.15. The van der Waals surface area contributed by atoms with Gasteiger partial charge in [0.2, 0.25) is 0 Å². The van der Waals surface area contributed by atoms with Crippen LogP contribution < -0.4 is 0 Å². The van der Waals surface area contributed by atoms with Crippen LogP contribution in [0, 0.1) is 5.92 Å².